The van der Waals surface area contributed by atoms with E-state index in [2.05, 4.69) is 26.5 Å². The van der Waals surface area contributed by atoms with Crippen LogP contribution in [0.4, 0.5) is 0 Å². The molecule has 1 aliphatic carbocycles. The number of hydrogen-bond donors (Lipinski definition) is 1. The van der Waals surface area contributed by atoms with Crippen LogP contribution in [-0.4, -0.2) is 11.1 Å². The minimum absolute atomic E-state index is 0.183. The summed E-state index contributed by atoms with van der Waals surface area (Å²) in [7, 11) is 0. The molecule has 0 spiro atoms. The molecular formula is C20H26O3. The third kappa shape index (κ3) is 4.47. The van der Waals surface area contributed by atoms with E-state index in [-0.39, 0.29) is 5.41 Å². The largest absolute Gasteiger partial charge is 0.478 e. The maximum absolute atomic E-state index is 11.3. The highest BCUT2D eigenvalue weighted by Crippen LogP contribution is 2.40. The number of aliphatic carboxylic acids is 1. The Morgan fingerprint density at radius 3 is 2.96 bits per heavy atom. The SMILES string of the molecule is C=C1CC[C@H](C)[C@](C)(CCc2ccoc2)CC=CC=C1C(=O)O. The molecule has 23 heavy (non-hydrogen) atoms. The predicted octanol–water partition coefficient (Wildman–Crippen LogP) is 5.16. The first-order valence-electron chi connectivity index (χ1n) is 8.22. The third-order valence-electron chi connectivity index (χ3n) is 5.23. The number of rotatable bonds is 4. The first-order chi connectivity index (χ1) is 10.9. The number of allylic oxidation sites excluding steroid dienone is 3. The fourth-order valence-electron chi connectivity index (χ4n) is 3.13. The normalized spacial score (nSPS) is 25.9. The Labute approximate surface area is 138 Å². The highest BCUT2D eigenvalue weighted by molar-refractivity contribution is 5.91. The van der Waals surface area contributed by atoms with Crippen LogP contribution < -0.4 is 0 Å². The van der Waals surface area contributed by atoms with E-state index in [1.165, 1.54) is 5.56 Å². The van der Waals surface area contributed by atoms with Crippen molar-refractivity contribution in [2.45, 2.75) is 46.0 Å². The smallest absolute Gasteiger partial charge is 0.335 e. The maximum atomic E-state index is 11.3. The molecule has 2 atom stereocenters. The van der Waals surface area contributed by atoms with Gasteiger partial charge >= 0.3 is 5.97 Å². The van der Waals surface area contributed by atoms with Gasteiger partial charge in [-0.2, -0.15) is 0 Å². The third-order valence-corrected chi connectivity index (χ3v) is 5.23. The molecule has 1 N–H and O–H groups in total. The predicted molar refractivity (Wildman–Crippen MR) is 92.1 cm³/mol. The second-order valence-corrected chi connectivity index (χ2v) is 6.85. The van der Waals surface area contributed by atoms with Crippen LogP contribution in [0.25, 0.3) is 0 Å². The highest BCUT2D eigenvalue weighted by Gasteiger charge is 2.30. The average Bonchev–Trinajstić information content (AvgIpc) is 3.02. The van der Waals surface area contributed by atoms with Gasteiger partial charge in [0.1, 0.15) is 0 Å². The van der Waals surface area contributed by atoms with Crippen LogP contribution in [-0.2, 0) is 11.2 Å². The lowest BCUT2D eigenvalue weighted by Crippen LogP contribution is -2.26. The van der Waals surface area contributed by atoms with Crippen molar-refractivity contribution in [2.75, 3.05) is 0 Å². The van der Waals surface area contributed by atoms with Crippen LogP contribution in [0.5, 0.6) is 0 Å². The van der Waals surface area contributed by atoms with Gasteiger partial charge in [0.25, 0.3) is 0 Å². The van der Waals surface area contributed by atoms with E-state index in [1.54, 1.807) is 12.3 Å². The molecule has 3 heteroatoms. The Morgan fingerprint density at radius 1 is 1.52 bits per heavy atom. The van der Waals surface area contributed by atoms with Crippen LogP contribution in [0.1, 0.15) is 45.1 Å². The van der Waals surface area contributed by atoms with Crippen LogP contribution in [0.3, 0.4) is 0 Å². The first kappa shape index (κ1) is 17.3. The number of carboxylic acids is 1. The van der Waals surface area contributed by atoms with Gasteiger partial charge in [0.05, 0.1) is 18.1 Å². The minimum Gasteiger partial charge on any atom is -0.478 e. The fourth-order valence-corrected chi connectivity index (χ4v) is 3.13. The standard InChI is InChI=1S/C20H26O3/c1-15-7-8-16(2)20(3,12-9-17-10-13-23-14-17)11-5-4-6-18(15)19(21)22/h4-6,10,13-14,16H,1,7-9,11-12H2,2-3H3,(H,21,22)/t16-,20-/m0/s1. The Bertz CT molecular complexity index is 607. The number of furan rings is 1. The second kappa shape index (κ2) is 7.49. The number of carbonyl (C=O) groups is 1. The second-order valence-electron chi connectivity index (χ2n) is 6.85. The molecule has 1 heterocycles. The van der Waals surface area contributed by atoms with Crippen LogP contribution in [0, 0.1) is 11.3 Å². The van der Waals surface area contributed by atoms with Gasteiger partial charge in [-0.3, -0.25) is 0 Å². The van der Waals surface area contributed by atoms with E-state index in [1.807, 2.05) is 18.4 Å². The molecular weight excluding hydrogens is 288 g/mol. The topological polar surface area (TPSA) is 50.4 Å². The molecule has 1 aromatic rings. The molecule has 0 saturated carbocycles. The van der Waals surface area contributed by atoms with Crippen molar-refractivity contribution >= 4 is 5.97 Å². The van der Waals surface area contributed by atoms with Gasteiger partial charge in [0.2, 0.25) is 0 Å². The zero-order valence-electron chi connectivity index (χ0n) is 14.0. The molecule has 0 radical (unpaired) electrons. The summed E-state index contributed by atoms with van der Waals surface area (Å²) in [6, 6.07) is 2.02. The van der Waals surface area contributed by atoms with Gasteiger partial charge in [-0.05, 0) is 66.7 Å². The lowest BCUT2D eigenvalue weighted by molar-refractivity contribution is -0.132. The Balaban J connectivity index is 2.14. The zero-order valence-corrected chi connectivity index (χ0v) is 14.0. The summed E-state index contributed by atoms with van der Waals surface area (Å²) in [6.45, 7) is 8.56. The molecule has 0 fully saturated rings. The number of hydrogen-bond acceptors (Lipinski definition) is 2. The molecule has 1 aliphatic rings. The van der Waals surface area contributed by atoms with Crippen molar-refractivity contribution in [1.29, 1.82) is 0 Å². The summed E-state index contributed by atoms with van der Waals surface area (Å²) < 4.78 is 5.15. The van der Waals surface area contributed by atoms with E-state index >= 15 is 0 Å². The molecule has 0 aliphatic heterocycles. The maximum Gasteiger partial charge on any atom is 0.335 e. The van der Waals surface area contributed by atoms with Gasteiger partial charge in [-0.1, -0.05) is 32.6 Å². The van der Waals surface area contributed by atoms with E-state index < -0.39 is 5.97 Å². The molecule has 0 amide bonds. The van der Waals surface area contributed by atoms with E-state index in [0.29, 0.717) is 17.1 Å². The van der Waals surface area contributed by atoms with Gasteiger partial charge < -0.3 is 9.52 Å². The van der Waals surface area contributed by atoms with Crippen molar-refractivity contribution in [3.63, 3.8) is 0 Å². The minimum atomic E-state index is -0.893. The van der Waals surface area contributed by atoms with Crippen LogP contribution >= 0.6 is 0 Å². The summed E-state index contributed by atoms with van der Waals surface area (Å²) >= 11 is 0. The van der Waals surface area contributed by atoms with Crippen molar-refractivity contribution in [2.24, 2.45) is 11.3 Å². The quantitative estimate of drug-likeness (QED) is 0.835. The Kier molecular flexibility index (Phi) is 5.64. The summed E-state index contributed by atoms with van der Waals surface area (Å²) in [5, 5.41) is 9.27. The lowest BCUT2D eigenvalue weighted by atomic mass is 9.69. The molecule has 1 aromatic heterocycles. The Morgan fingerprint density at radius 2 is 2.30 bits per heavy atom. The molecule has 0 unspecified atom stereocenters. The van der Waals surface area contributed by atoms with Crippen LogP contribution in [0.2, 0.25) is 0 Å². The Hall–Kier alpha value is -2.03. The lowest BCUT2D eigenvalue weighted by Gasteiger charge is -2.36. The highest BCUT2D eigenvalue weighted by atomic mass is 16.4. The van der Waals surface area contributed by atoms with Crippen molar-refractivity contribution in [3.05, 3.63) is 60.1 Å². The zero-order chi connectivity index (χ0) is 16.9. The molecule has 0 saturated heterocycles. The van der Waals surface area contributed by atoms with E-state index in [9.17, 15) is 9.90 Å². The summed E-state index contributed by atoms with van der Waals surface area (Å²) in [5.41, 5.74) is 2.46. The van der Waals surface area contributed by atoms with Crippen molar-refractivity contribution < 1.29 is 14.3 Å². The summed E-state index contributed by atoms with van der Waals surface area (Å²) in [5.74, 6) is -0.403. The number of aryl methyl sites for hydroxylation is 1. The molecule has 3 nitrogen and oxygen atoms in total. The van der Waals surface area contributed by atoms with Gasteiger partial charge in [-0.15, -0.1) is 0 Å². The number of carboxylic acid groups (broad SMARTS) is 1. The van der Waals surface area contributed by atoms with E-state index in [4.69, 9.17) is 4.42 Å². The molecule has 2 rings (SSSR count). The van der Waals surface area contributed by atoms with Crippen LogP contribution in [0.15, 0.2) is 59.0 Å². The van der Waals surface area contributed by atoms with E-state index in [0.717, 1.165) is 32.1 Å². The molecule has 124 valence electrons. The monoisotopic (exact) mass is 314 g/mol. The molecule has 0 bridgehead atoms. The van der Waals surface area contributed by atoms with Crippen molar-refractivity contribution in [3.8, 4) is 0 Å². The summed E-state index contributed by atoms with van der Waals surface area (Å²) in [6.07, 6.45) is 13.9. The van der Waals surface area contributed by atoms with Gasteiger partial charge in [0, 0.05) is 0 Å². The average molecular weight is 314 g/mol. The van der Waals surface area contributed by atoms with Gasteiger partial charge in [0.15, 0.2) is 0 Å². The summed E-state index contributed by atoms with van der Waals surface area (Å²) in [4.78, 5) is 11.3. The first-order valence-corrected chi connectivity index (χ1v) is 8.22. The fraction of sp³-hybridized carbons (Fsp3) is 0.450. The van der Waals surface area contributed by atoms with Crippen molar-refractivity contribution in [1.82, 2.24) is 0 Å². The van der Waals surface area contributed by atoms with Gasteiger partial charge in [-0.25, -0.2) is 4.79 Å². The molecule has 0 aromatic carbocycles.